The number of guanidine groups is 1. The number of imidazole rings is 1. The maximum Gasteiger partial charge on any atom is 0.409 e. The first-order valence-electron chi connectivity index (χ1n) is 8.98. The quantitative estimate of drug-likeness (QED) is 0.640. The number of aromatic nitrogens is 2. The van der Waals surface area contributed by atoms with Crippen LogP contribution < -0.4 is 11.1 Å². The minimum absolute atomic E-state index is 0.215. The molecule has 1 fully saturated rings. The molecular formula is C18H26N6O2. The third kappa shape index (κ3) is 4.25. The second kappa shape index (κ2) is 8.07. The first-order chi connectivity index (χ1) is 12.6. The van der Waals surface area contributed by atoms with E-state index >= 15 is 0 Å². The van der Waals surface area contributed by atoms with Gasteiger partial charge in [-0.05, 0) is 38.8 Å². The molecule has 8 heteroatoms. The lowest BCUT2D eigenvalue weighted by atomic mass is 10.1. The van der Waals surface area contributed by atoms with Crippen LogP contribution in [-0.4, -0.2) is 52.1 Å². The molecule has 0 aliphatic carbocycles. The highest BCUT2D eigenvalue weighted by atomic mass is 16.6. The lowest BCUT2D eigenvalue weighted by Crippen LogP contribution is -2.48. The van der Waals surface area contributed by atoms with Crippen molar-refractivity contribution in [3.8, 4) is 0 Å². The van der Waals surface area contributed by atoms with Gasteiger partial charge in [-0.25, -0.2) is 14.8 Å². The molecule has 1 amide bonds. The summed E-state index contributed by atoms with van der Waals surface area (Å²) in [5.41, 5.74) is 8.93. The molecule has 0 atom stereocenters. The number of aryl methyl sites for hydroxylation is 1. The number of ether oxygens (including phenoxy) is 1. The first-order valence-corrected chi connectivity index (χ1v) is 8.98. The largest absolute Gasteiger partial charge is 0.450 e. The average molecular weight is 358 g/mol. The van der Waals surface area contributed by atoms with Crippen LogP contribution in [0.25, 0.3) is 5.65 Å². The van der Waals surface area contributed by atoms with E-state index in [9.17, 15) is 4.79 Å². The number of nitrogens with two attached hydrogens (primary N) is 1. The standard InChI is InChI=1S/C18H26N6O2/c1-3-26-18(25)23-9-7-14(8-10-23)22-17(19)20-11-15-12-24-13(2)5-4-6-16(24)21-15/h4-6,12,14H,3,7-11H2,1-2H3,(H3,19,20,22). The van der Waals surface area contributed by atoms with E-state index in [0.29, 0.717) is 32.2 Å². The number of likely N-dealkylation sites (tertiary alicyclic amines) is 1. The van der Waals surface area contributed by atoms with Crippen molar-refractivity contribution in [3.05, 3.63) is 35.8 Å². The van der Waals surface area contributed by atoms with Gasteiger partial charge in [0, 0.05) is 31.0 Å². The molecule has 1 aliphatic rings. The molecule has 3 N–H and O–H groups in total. The molecular weight excluding hydrogens is 332 g/mol. The Bertz CT molecular complexity index is 792. The highest BCUT2D eigenvalue weighted by Gasteiger charge is 2.23. The number of piperidine rings is 1. The number of nitrogens with zero attached hydrogens (tertiary/aromatic N) is 4. The molecule has 26 heavy (non-hydrogen) atoms. The molecule has 1 saturated heterocycles. The molecule has 8 nitrogen and oxygen atoms in total. The highest BCUT2D eigenvalue weighted by molar-refractivity contribution is 5.78. The Morgan fingerprint density at radius 2 is 2.19 bits per heavy atom. The van der Waals surface area contributed by atoms with E-state index in [0.717, 1.165) is 29.9 Å². The molecule has 0 bridgehead atoms. The fourth-order valence-corrected chi connectivity index (χ4v) is 3.12. The van der Waals surface area contributed by atoms with Crippen molar-refractivity contribution in [3.63, 3.8) is 0 Å². The van der Waals surface area contributed by atoms with E-state index in [2.05, 4.69) is 15.3 Å². The molecule has 2 aromatic heterocycles. The third-order valence-corrected chi connectivity index (χ3v) is 4.53. The van der Waals surface area contributed by atoms with Crippen LogP contribution in [0.3, 0.4) is 0 Å². The van der Waals surface area contributed by atoms with Gasteiger partial charge in [0.25, 0.3) is 0 Å². The zero-order valence-corrected chi connectivity index (χ0v) is 15.3. The van der Waals surface area contributed by atoms with Crippen molar-refractivity contribution in [1.82, 2.24) is 19.6 Å². The number of aliphatic imine (C=N–C) groups is 1. The van der Waals surface area contributed by atoms with Gasteiger partial charge in [0.1, 0.15) is 5.65 Å². The summed E-state index contributed by atoms with van der Waals surface area (Å²) in [5, 5.41) is 3.24. The number of hydrogen-bond donors (Lipinski definition) is 2. The van der Waals surface area contributed by atoms with Crippen LogP contribution in [-0.2, 0) is 11.3 Å². The number of carbonyl (C=O) groups is 1. The minimum atomic E-state index is -0.241. The van der Waals surface area contributed by atoms with Gasteiger partial charge in [0.05, 0.1) is 18.8 Å². The summed E-state index contributed by atoms with van der Waals surface area (Å²) in [5.74, 6) is 0.411. The molecule has 0 aromatic carbocycles. The lowest BCUT2D eigenvalue weighted by molar-refractivity contribution is 0.0963. The van der Waals surface area contributed by atoms with Gasteiger partial charge >= 0.3 is 6.09 Å². The van der Waals surface area contributed by atoms with Crippen LogP contribution >= 0.6 is 0 Å². The SMILES string of the molecule is CCOC(=O)N1CCC(NC(N)=NCc2cn3c(C)cccc3n2)CC1. The van der Waals surface area contributed by atoms with E-state index in [-0.39, 0.29) is 12.1 Å². The smallest absolute Gasteiger partial charge is 0.409 e. The van der Waals surface area contributed by atoms with Crippen LogP contribution in [0, 0.1) is 6.92 Å². The van der Waals surface area contributed by atoms with Gasteiger partial charge in [0.2, 0.25) is 0 Å². The number of fused-ring (bicyclic) bond motifs is 1. The van der Waals surface area contributed by atoms with Crippen molar-refractivity contribution in [2.45, 2.75) is 39.3 Å². The lowest BCUT2D eigenvalue weighted by Gasteiger charge is -2.31. The second-order valence-electron chi connectivity index (χ2n) is 6.43. The summed E-state index contributed by atoms with van der Waals surface area (Å²) in [6, 6.07) is 6.22. The number of carbonyl (C=O) groups excluding carboxylic acids is 1. The summed E-state index contributed by atoms with van der Waals surface area (Å²) >= 11 is 0. The topological polar surface area (TPSA) is 97.2 Å². The molecule has 0 unspecified atom stereocenters. The fourth-order valence-electron chi connectivity index (χ4n) is 3.12. The molecule has 3 heterocycles. The summed E-state index contributed by atoms with van der Waals surface area (Å²) in [6.07, 6.45) is 3.39. The van der Waals surface area contributed by atoms with E-state index in [1.54, 1.807) is 4.90 Å². The van der Waals surface area contributed by atoms with Crippen LogP contribution in [0.2, 0.25) is 0 Å². The number of amides is 1. The molecule has 0 radical (unpaired) electrons. The van der Waals surface area contributed by atoms with E-state index in [4.69, 9.17) is 10.5 Å². The zero-order chi connectivity index (χ0) is 18.5. The Balaban J connectivity index is 1.51. The Hall–Kier alpha value is -2.77. The monoisotopic (exact) mass is 358 g/mol. The molecule has 0 spiro atoms. The summed E-state index contributed by atoms with van der Waals surface area (Å²) in [6.45, 7) is 6.01. The maximum atomic E-state index is 11.7. The number of nitrogens with one attached hydrogen (secondary N) is 1. The van der Waals surface area contributed by atoms with Gasteiger partial charge in [0.15, 0.2) is 5.96 Å². The molecule has 1 aliphatic heterocycles. The Kier molecular flexibility index (Phi) is 5.60. The Morgan fingerprint density at radius 1 is 1.42 bits per heavy atom. The van der Waals surface area contributed by atoms with Crippen molar-refractivity contribution < 1.29 is 9.53 Å². The molecule has 140 valence electrons. The highest BCUT2D eigenvalue weighted by Crippen LogP contribution is 2.12. The maximum absolute atomic E-state index is 11.7. The van der Waals surface area contributed by atoms with Crippen LogP contribution in [0.15, 0.2) is 29.4 Å². The number of pyridine rings is 1. The average Bonchev–Trinajstić information content (AvgIpc) is 3.05. The fraction of sp³-hybridized carbons (Fsp3) is 0.500. The van der Waals surface area contributed by atoms with E-state index in [1.807, 2.05) is 42.6 Å². The first kappa shape index (κ1) is 18.0. The predicted octanol–water partition coefficient (Wildman–Crippen LogP) is 1.67. The van der Waals surface area contributed by atoms with Crippen LogP contribution in [0.1, 0.15) is 31.2 Å². The van der Waals surface area contributed by atoms with Crippen molar-refractivity contribution >= 4 is 17.7 Å². The third-order valence-electron chi connectivity index (χ3n) is 4.53. The van der Waals surface area contributed by atoms with Crippen molar-refractivity contribution in [2.75, 3.05) is 19.7 Å². The van der Waals surface area contributed by atoms with Crippen molar-refractivity contribution in [1.29, 1.82) is 0 Å². The summed E-state index contributed by atoms with van der Waals surface area (Å²) < 4.78 is 7.07. The zero-order valence-electron chi connectivity index (χ0n) is 15.3. The van der Waals surface area contributed by atoms with E-state index < -0.39 is 0 Å². The minimum Gasteiger partial charge on any atom is -0.450 e. The van der Waals surface area contributed by atoms with E-state index in [1.165, 1.54) is 0 Å². The number of hydrogen-bond acceptors (Lipinski definition) is 4. The molecule has 2 aromatic rings. The van der Waals surface area contributed by atoms with Gasteiger partial charge in [-0.1, -0.05) is 6.07 Å². The Labute approximate surface area is 153 Å². The predicted molar refractivity (Wildman–Crippen MR) is 100 cm³/mol. The van der Waals surface area contributed by atoms with Crippen LogP contribution in [0.5, 0.6) is 0 Å². The van der Waals surface area contributed by atoms with Crippen LogP contribution in [0.4, 0.5) is 4.79 Å². The molecule has 3 rings (SSSR count). The summed E-state index contributed by atoms with van der Waals surface area (Å²) in [4.78, 5) is 22.4. The van der Waals surface area contributed by atoms with Gasteiger partial charge in [-0.3, -0.25) is 0 Å². The van der Waals surface area contributed by atoms with Gasteiger partial charge < -0.3 is 25.1 Å². The van der Waals surface area contributed by atoms with Gasteiger partial charge in [-0.2, -0.15) is 0 Å². The van der Waals surface area contributed by atoms with Gasteiger partial charge in [-0.15, -0.1) is 0 Å². The second-order valence-corrected chi connectivity index (χ2v) is 6.43. The van der Waals surface area contributed by atoms with Crippen molar-refractivity contribution in [2.24, 2.45) is 10.7 Å². The number of rotatable bonds is 4. The molecule has 0 saturated carbocycles. The summed E-state index contributed by atoms with van der Waals surface area (Å²) in [7, 11) is 0. The Morgan fingerprint density at radius 3 is 2.88 bits per heavy atom. The normalized spacial score (nSPS) is 16.1.